The molecule has 4 nitrogen and oxygen atoms in total. The highest BCUT2D eigenvalue weighted by Gasteiger charge is 2.09. The number of rotatable bonds is 0. The molecule has 1 aromatic rings. The lowest BCUT2D eigenvalue weighted by molar-refractivity contribution is 0.174. The van der Waals surface area contributed by atoms with Crippen LogP contribution in [-0.2, 0) is 0 Å². The van der Waals surface area contributed by atoms with Crippen LogP contribution in [0, 0.1) is 0 Å². The van der Waals surface area contributed by atoms with Crippen molar-refractivity contribution in [1.82, 2.24) is 0 Å². The highest BCUT2D eigenvalue weighted by atomic mass is 16.7. The Labute approximate surface area is 70.7 Å². The van der Waals surface area contributed by atoms with Crippen LogP contribution >= 0.6 is 0 Å². The molecular formula is C7H8BO4. The highest BCUT2D eigenvalue weighted by molar-refractivity contribution is 6.13. The van der Waals surface area contributed by atoms with E-state index in [4.69, 9.17) is 19.5 Å². The topological polar surface area (TPSA) is 58.9 Å². The smallest absolute Gasteiger partial charge is 0.454 e. The number of hydrogen-bond donors (Lipinski definition) is 2. The van der Waals surface area contributed by atoms with E-state index in [1.807, 2.05) is 24.3 Å². The van der Waals surface area contributed by atoms with Gasteiger partial charge >= 0.3 is 7.69 Å². The van der Waals surface area contributed by atoms with E-state index in [9.17, 15) is 0 Å². The summed E-state index contributed by atoms with van der Waals surface area (Å²) in [6.07, 6.45) is 0. The SMILES string of the molecule is O[B]O.c1ccc2c(c1)OCO2. The van der Waals surface area contributed by atoms with Gasteiger partial charge in [-0.2, -0.15) is 0 Å². The lowest BCUT2D eigenvalue weighted by Crippen LogP contribution is -1.92. The minimum absolute atomic E-state index is 0. The molecule has 1 radical (unpaired) electrons. The largest absolute Gasteiger partial charge is 0.482 e. The molecule has 2 N–H and O–H groups in total. The van der Waals surface area contributed by atoms with E-state index < -0.39 is 0 Å². The molecule has 1 aromatic carbocycles. The molecule has 5 heteroatoms. The molecule has 0 aliphatic carbocycles. The van der Waals surface area contributed by atoms with Crippen molar-refractivity contribution < 1.29 is 19.5 Å². The molecule has 2 rings (SSSR count). The minimum atomic E-state index is 0. The van der Waals surface area contributed by atoms with Gasteiger partial charge in [0, 0.05) is 0 Å². The van der Waals surface area contributed by atoms with Gasteiger partial charge in [-0.05, 0) is 12.1 Å². The predicted molar refractivity (Wildman–Crippen MR) is 42.8 cm³/mol. The fourth-order valence-corrected chi connectivity index (χ4v) is 0.845. The van der Waals surface area contributed by atoms with Crippen LogP contribution in [0.2, 0.25) is 0 Å². The Morgan fingerprint density at radius 2 is 1.50 bits per heavy atom. The van der Waals surface area contributed by atoms with Crippen molar-refractivity contribution in [2.24, 2.45) is 0 Å². The van der Waals surface area contributed by atoms with Crippen LogP contribution in [0.25, 0.3) is 0 Å². The molecule has 1 heterocycles. The zero-order valence-electron chi connectivity index (χ0n) is 6.30. The Bertz CT molecular complexity index is 218. The van der Waals surface area contributed by atoms with E-state index in [2.05, 4.69) is 0 Å². The summed E-state index contributed by atoms with van der Waals surface area (Å²) >= 11 is 0. The molecule has 0 saturated heterocycles. The number of para-hydroxylation sites is 2. The predicted octanol–water partition coefficient (Wildman–Crippen LogP) is -0.0795. The van der Waals surface area contributed by atoms with Crippen LogP contribution in [0.4, 0.5) is 0 Å². The zero-order chi connectivity index (χ0) is 8.81. The van der Waals surface area contributed by atoms with Gasteiger partial charge < -0.3 is 19.5 Å². The van der Waals surface area contributed by atoms with Crippen molar-refractivity contribution in [3.05, 3.63) is 24.3 Å². The summed E-state index contributed by atoms with van der Waals surface area (Å²) in [5.41, 5.74) is 0. The molecule has 0 amide bonds. The van der Waals surface area contributed by atoms with Gasteiger partial charge in [-0.25, -0.2) is 0 Å². The molecule has 0 spiro atoms. The van der Waals surface area contributed by atoms with Gasteiger partial charge in [-0.3, -0.25) is 0 Å². The number of hydrogen-bond acceptors (Lipinski definition) is 4. The van der Waals surface area contributed by atoms with Crippen molar-refractivity contribution in [1.29, 1.82) is 0 Å². The quantitative estimate of drug-likeness (QED) is 0.530. The molecule has 0 unspecified atom stereocenters. The third-order valence-electron chi connectivity index (χ3n) is 1.28. The average molecular weight is 167 g/mol. The Balaban J connectivity index is 0.000000213. The normalized spacial score (nSPS) is 11.5. The summed E-state index contributed by atoms with van der Waals surface area (Å²) in [6.45, 7) is 0.360. The van der Waals surface area contributed by atoms with E-state index in [0.717, 1.165) is 11.5 Å². The monoisotopic (exact) mass is 167 g/mol. The number of ether oxygens (including phenoxy) is 2. The van der Waals surface area contributed by atoms with Gasteiger partial charge in [0.1, 0.15) is 0 Å². The Hall–Kier alpha value is -1.20. The summed E-state index contributed by atoms with van der Waals surface area (Å²) < 4.78 is 10.2. The maximum Gasteiger partial charge on any atom is 0.482 e. The maximum absolute atomic E-state index is 7.00. The number of fused-ring (bicyclic) bond motifs is 1. The molecule has 0 bridgehead atoms. The van der Waals surface area contributed by atoms with Gasteiger partial charge in [0.2, 0.25) is 6.79 Å². The number of benzene rings is 1. The fraction of sp³-hybridized carbons (Fsp3) is 0.143. The third kappa shape index (κ3) is 2.15. The summed E-state index contributed by atoms with van der Waals surface area (Å²) in [4.78, 5) is 0. The van der Waals surface area contributed by atoms with Gasteiger partial charge in [0.25, 0.3) is 0 Å². The van der Waals surface area contributed by atoms with Crippen molar-refractivity contribution in [3.8, 4) is 11.5 Å². The van der Waals surface area contributed by atoms with Crippen LogP contribution in [0.5, 0.6) is 11.5 Å². The Kier molecular flexibility index (Phi) is 3.44. The van der Waals surface area contributed by atoms with Crippen LogP contribution in [0.3, 0.4) is 0 Å². The standard InChI is InChI=1S/C7H6O2.BH2O2/c1-2-4-7-6(3-1)8-5-9-7;2-1-3/h1-4H,5H2;2-3H. The second-order valence-electron chi connectivity index (χ2n) is 1.97. The average Bonchev–Trinajstić information content (AvgIpc) is 2.52. The van der Waals surface area contributed by atoms with Crippen LogP contribution < -0.4 is 9.47 Å². The zero-order valence-corrected chi connectivity index (χ0v) is 6.30. The van der Waals surface area contributed by atoms with Gasteiger partial charge in [0.05, 0.1) is 0 Å². The van der Waals surface area contributed by atoms with E-state index in [-0.39, 0.29) is 7.69 Å². The van der Waals surface area contributed by atoms with E-state index in [1.165, 1.54) is 0 Å². The third-order valence-corrected chi connectivity index (χ3v) is 1.28. The fourth-order valence-electron chi connectivity index (χ4n) is 0.845. The first-order valence-corrected chi connectivity index (χ1v) is 3.33. The summed E-state index contributed by atoms with van der Waals surface area (Å²) in [5, 5.41) is 14.0. The molecule has 0 fully saturated rings. The van der Waals surface area contributed by atoms with E-state index in [1.54, 1.807) is 0 Å². The summed E-state index contributed by atoms with van der Waals surface area (Å²) in [7, 11) is 0. The highest BCUT2D eigenvalue weighted by Crippen LogP contribution is 2.30. The van der Waals surface area contributed by atoms with Crippen molar-refractivity contribution in [2.75, 3.05) is 6.79 Å². The molecule has 0 saturated carbocycles. The Morgan fingerprint density at radius 3 is 1.92 bits per heavy atom. The lowest BCUT2D eigenvalue weighted by atomic mass is 10.3. The van der Waals surface area contributed by atoms with Gasteiger partial charge in [-0.15, -0.1) is 0 Å². The van der Waals surface area contributed by atoms with Crippen molar-refractivity contribution in [2.45, 2.75) is 0 Å². The van der Waals surface area contributed by atoms with Gasteiger partial charge in [0.15, 0.2) is 11.5 Å². The molecule has 12 heavy (non-hydrogen) atoms. The second-order valence-corrected chi connectivity index (χ2v) is 1.97. The molecule has 1 aliphatic rings. The van der Waals surface area contributed by atoms with E-state index in [0.29, 0.717) is 6.79 Å². The van der Waals surface area contributed by atoms with Crippen LogP contribution in [0.1, 0.15) is 0 Å². The Morgan fingerprint density at radius 1 is 1.08 bits per heavy atom. The molecule has 63 valence electrons. The van der Waals surface area contributed by atoms with E-state index >= 15 is 0 Å². The summed E-state index contributed by atoms with van der Waals surface area (Å²) in [6, 6.07) is 7.63. The minimum Gasteiger partial charge on any atom is -0.454 e. The first-order valence-electron chi connectivity index (χ1n) is 3.33. The lowest BCUT2D eigenvalue weighted by Gasteiger charge is -1.89. The molecular weight excluding hydrogens is 159 g/mol. The molecule has 0 atom stereocenters. The van der Waals surface area contributed by atoms with Crippen LogP contribution in [0.15, 0.2) is 24.3 Å². The van der Waals surface area contributed by atoms with Crippen LogP contribution in [-0.4, -0.2) is 24.5 Å². The first-order chi connectivity index (χ1) is 5.88. The summed E-state index contributed by atoms with van der Waals surface area (Å²) in [5.74, 6) is 1.69. The van der Waals surface area contributed by atoms with Crippen molar-refractivity contribution >= 4 is 7.69 Å². The van der Waals surface area contributed by atoms with Gasteiger partial charge in [-0.1, -0.05) is 12.1 Å². The first kappa shape index (κ1) is 8.90. The van der Waals surface area contributed by atoms with Crippen molar-refractivity contribution in [3.63, 3.8) is 0 Å². The second kappa shape index (κ2) is 4.64. The molecule has 1 aliphatic heterocycles. The molecule has 0 aromatic heterocycles. The maximum atomic E-state index is 7.00.